The van der Waals surface area contributed by atoms with Gasteiger partial charge in [0.25, 0.3) is 0 Å². The molecule has 4 heterocycles. The van der Waals surface area contributed by atoms with E-state index in [1.807, 2.05) is 0 Å². The second-order valence-corrected chi connectivity index (χ2v) is 10.3. The zero-order chi connectivity index (χ0) is 25.0. The molecule has 1 unspecified atom stereocenters. The number of halogens is 1. The predicted molar refractivity (Wildman–Crippen MR) is 122 cm³/mol. The Kier molecular flexibility index (Phi) is 5.77. The molecule has 14 heteroatoms. The normalized spacial score (nSPS) is 28.9. The van der Waals surface area contributed by atoms with Crippen molar-refractivity contribution in [2.45, 2.75) is 43.7 Å². The maximum Gasteiger partial charge on any atom is 0.527 e. The van der Waals surface area contributed by atoms with Gasteiger partial charge in [0.15, 0.2) is 24.3 Å². The molecule has 0 saturated carbocycles. The zero-order valence-corrected chi connectivity index (χ0v) is 20.2. The molecular formula is C21H21ClN5O7P. The molecule has 1 aromatic carbocycles. The van der Waals surface area contributed by atoms with Crippen LogP contribution in [0.4, 0.5) is 5.82 Å². The van der Waals surface area contributed by atoms with Crippen LogP contribution in [0.15, 0.2) is 42.7 Å². The van der Waals surface area contributed by atoms with Crippen molar-refractivity contribution >= 4 is 30.8 Å². The summed E-state index contributed by atoms with van der Waals surface area (Å²) in [5.74, 6) is -0.827. The Morgan fingerprint density at radius 2 is 2.06 bits per heavy atom. The molecule has 0 spiro atoms. The van der Waals surface area contributed by atoms with E-state index in [0.29, 0.717) is 11.2 Å². The average molecular weight is 522 g/mol. The summed E-state index contributed by atoms with van der Waals surface area (Å²) in [6.45, 7) is 10.7. The molecule has 0 radical (unpaired) electrons. The quantitative estimate of drug-likeness (QED) is 0.366. The number of anilines is 1. The molecule has 0 amide bonds. The summed E-state index contributed by atoms with van der Waals surface area (Å²) in [4.78, 5) is 17.9. The first-order valence-electron chi connectivity index (χ1n) is 10.5. The summed E-state index contributed by atoms with van der Waals surface area (Å²) >= 11 is 6.01. The van der Waals surface area contributed by atoms with Crippen molar-refractivity contribution in [3.63, 3.8) is 0 Å². The molecule has 2 aliphatic rings. The maximum atomic E-state index is 12.7. The molecule has 3 aromatic rings. The maximum absolute atomic E-state index is 12.7. The first-order chi connectivity index (χ1) is 16.5. The summed E-state index contributed by atoms with van der Waals surface area (Å²) in [7, 11) is -4.69. The lowest BCUT2D eigenvalue weighted by atomic mass is 10.0. The van der Waals surface area contributed by atoms with Crippen LogP contribution in [0.2, 0.25) is 5.02 Å². The van der Waals surface area contributed by atoms with Gasteiger partial charge in [-0.25, -0.2) is 20.6 Å². The van der Waals surface area contributed by atoms with Gasteiger partial charge in [0, 0.05) is 0 Å². The fourth-order valence-corrected chi connectivity index (χ4v) is 5.25. The van der Waals surface area contributed by atoms with Crippen molar-refractivity contribution in [2.75, 3.05) is 12.3 Å². The number of benzene rings is 1. The van der Waals surface area contributed by atoms with Gasteiger partial charge in [-0.05, 0) is 38.1 Å². The van der Waals surface area contributed by atoms with Crippen molar-refractivity contribution < 1.29 is 32.7 Å². The van der Waals surface area contributed by atoms with E-state index < -0.39 is 44.3 Å². The second kappa shape index (κ2) is 8.43. The Balaban J connectivity index is 1.45. The van der Waals surface area contributed by atoms with Gasteiger partial charge in [-0.1, -0.05) is 23.7 Å². The minimum atomic E-state index is -4.69. The number of hydrogen-bond donors (Lipinski definition) is 2. The number of ether oxygens (including phenoxy) is 3. The first kappa shape index (κ1) is 24.0. The van der Waals surface area contributed by atoms with Crippen LogP contribution in [0, 0.1) is 6.57 Å². The Morgan fingerprint density at radius 1 is 1.29 bits per heavy atom. The van der Waals surface area contributed by atoms with E-state index in [9.17, 15) is 9.46 Å². The summed E-state index contributed by atoms with van der Waals surface area (Å²) in [6, 6.07) is 9.59. The number of nitrogens with zero attached hydrogens (tertiary/aromatic N) is 4. The summed E-state index contributed by atoms with van der Waals surface area (Å²) < 4.78 is 42.8. The third-order valence-corrected chi connectivity index (χ3v) is 6.87. The van der Waals surface area contributed by atoms with Gasteiger partial charge < -0.3 is 19.7 Å². The number of nitrogen functional groups attached to an aromatic ring is 1. The SMILES string of the molecule is [C-]#[N+][C@]1(COP(=O)(O)Oc2ccccc2Cl)O[C@@H](c2ccc3c(N)ncnn23)[C@@H]2OC(C)(C)O[C@@H]21. The number of nitrogens with two attached hydrogens (primary N) is 1. The lowest BCUT2D eigenvalue weighted by molar-refractivity contribution is -0.206. The van der Waals surface area contributed by atoms with E-state index >= 15 is 0 Å². The molecule has 3 N–H and O–H groups in total. The molecule has 0 aliphatic carbocycles. The van der Waals surface area contributed by atoms with Crippen LogP contribution < -0.4 is 10.3 Å². The summed E-state index contributed by atoms with van der Waals surface area (Å²) in [5.41, 5.74) is 5.21. The van der Waals surface area contributed by atoms with Gasteiger partial charge in [0.05, 0.1) is 10.7 Å². The van der Waals surface area contributed by atoms with E-state index in [4.69, 9.17) is 47.2 Å². The Morgan fingerprint density at radius 3 is 2.80 bits per heavy atom. The van der Waals surface area contributed by atoms with E-state index in [1.54, 1.807) is 38.1 Å². The minimum Gasteiger partial charge on any atom is -0.403 e. The van der Waals surface area contributed by atoms with Gasteiger partial charge in [0.1, 0.15) is 29.8 Å². The number of para-hydroxylation sites is 1. The fourth-order valence-electron chi connectivity index (χ4n) is 4.21. The van der Waals surface area contributed by atoms with Crippen molar-refractivity contribution in [2.24, 2.45) is 0 Å². The molecule has 2 aliphatic heterocycles. The summed E-state index contributed by atoms with van der Waals surface area (Å²) in [5, 5.41) is 4.36. The number of phosphoric ester groups is 1. The average Bonchev–Trinajstić information content (AvgIpc) is 3.45. The highest BCUT2D eigenvalue weighted by Crippen LogP contribution is 2.53. The minimum absolute atomic E-state index is 0.0431. The largest absolute Gasteiger partial charge is 0.527 e. The number of aromatic nitrogens is 3. The Hall–Kier alpha value is -2.75. The highest BCUT2D eigenvalue weighted by molar-refractivity contribution is 7.47. The van der Waals surface area contributed by atoms with Crippen molar-refractivity contribution in [1.82, 2.24) is 14.6 Å². The lowest BCUT2D eigenvalue weighted by Gasteiger charge is -2.26. The van der Waals surface area contributed by atoms with Crippen LogP contribution >= 0.6 is 19.4 Å². The van der Waals surface area contributed by atoms with Crippen molar-refractivity contribution in [3.05, 3.63) is 64.9 Å². The molecule has 2 saturated heterocycles. The van der Waals surface area contributed by atoms with Crippen molar-refractivity contribution in [1.29, 1.82) is 0 Å². The number of rotatable bonds is 6. The van der Waals surface area contributed by atoms with E-state index in [1.165, 1.54) is 23.0 Å². The van der Waals surface area contributed by atoms with Crippen LogP contribution in [0.5, 0.6) is 5.75 Å². The topological polar surface area (TPSA) is 144 Å². The van der Waals surface area contributed by atoms with Gasteiger partial charge >= 0.3 is 13.5 Å². The third kappa shape index (κ3) is 4.26. The molecule has 0 bridgehead atoms. The number of fused-ring (bicyclic) bond motifs is 2. The molecule has 12 nitrogen and oxygen atoms in total. The highest BCUT2D eigenvalue weighted by Gasteiger charge is 2.69. The smallest absolute Gasteiger partial charge is 0.403 e. The standard InChI is InChI=1S/C21H21ClN5O7P/c1-20(2)31-17-16(13-8-9-14-19(23)25-11-26-27(13)14)32-21(24-3,18(17)33-20)10-30-35(28,29)34-15-7-5-4-6-12(15)22/h4-9,11,16-18H,10H2,1-2H3,(H,28,29)(H2,23,25,26)/t16-,17-,18-,21+/m0/s1. The van der Waals surface area contributed by atoms with E-state index in [2.05, 4.69) is 14.9 Å². The molecule has 2 fully saturated rings. The van der Waals surface area contributed by atoms with Gasteiger partial charge in [-0.15, -0.1) is 0 Å². The van der Waals surface area contributed by atoms with Gasteiger partial charge in [0.2, 0.25) is 0 Å². The number of hydrogen-bond acceptors (Lipinski definition) is 9. The molecule has 184 valence electrons. The Labute approximate surface area is 204 Å². The molecule has 5 atom stereocenters. The van der Waals surface area contributed by atoms with Crippen LogP contribution in [0.3, 0.4) is 0 Å². The monoisotopic (exact) mass is 521 g/mol. The van der Waals surface area contributed by atoms with E-state index in [-0.39, 0.29) is 16.6 Å². The first-order valence-corrected chi connectivity index (χ1v) is 12.3. The van der Waals surface area contributed by atoms with Crippen LogP contribution in [-0.4, -0.2) is 49.8 Å². The number of phosphoric acid groups is 1. The molecule has 35 heavy (non-hydrogen) atoms. The van der Waals surface area contributed by atoms with Crippen LogP contribution in [0.25, 0.3) is 10.4 Å². The van der Waals surface area contributed by atoms with E-state index in [0.717, 1.165) is 0 Å². The molecule has 5 rings (SSSR count). The Bertz CT molecular complexity index is 1380. The summed E-state index contributed by atoms with van der Waals surface area (Å²) in [6.07, 6.45) is -1.24. The zero-order valence-electron chi connectivity index (χ0n) is 18.6. The predicted octanol–water partition coefficient (Wildman–Crippen LogP) is 3.37. The van der Waals surface area contributed by atoms with Crippen LogP contribution in [-0.2, 0) is 23.3 Å². The van der Waals surface area contributed by atoms with Gasteiger partial charge in [-0.3, -0.25) is 19.0 Å². The fraction of sp³-hybridized carbons (Fsp3) is 0.381. The third-order valence-electron chi connectivity index (χ3n) is 5.68. The van der Waals surface area contributed by atoms with Crippen LogP contribution in [0.1, 0.15) is 25.6 Å². The highest BCUT2D eigenvalue weighted by atomic mass is 35.5. The molecular weight excluding hydrogens is 501 g/mol. The van der Waals surface area contributed by atoms with Gasteiger partial charge in [-0.2, -0.15) is 5.10 Å². The second-order valence-electron chi connectivity index (χ2n) is 8.48. The lowest BCUT2D eigenvalue weighted by Crippen LogP contribution is -2.44. The van der Waals surface area contributed by atoms with Crippen molar-refractivity contribution in [3.8, 4) is 5.75 Å². The molecule has 2 aromatic heterocycles.